The van der Waals surface area contributed by atoms with Crippen LogP contribution in [0.5, 0.6) is 17.2 Å². The quantitative estimate of drug-likeness (QED) is 0.623. The molecule has 2 amide bonds. The van der Waals surface area contributed by atoms with Gasteiger partial charge in [0.25, 0.3) is 11.8 Å². The first-order valence-corrected chi connectivity index (χ1v) is 8.57. The molecule has 0 saturated heterocycles. The van der Waals surface area contributed by atoms with Crippen molar-refractivity contribution in [1.29, 1.82) is 5.26 Å². The van der Waals surface area contributed by atoms with Gasteiger partial charge in [0.05, 0.1) is 29.5 Å². The second-order valence-electron chi connectivity index (χ2n) is 6.18. The summed E-state index contributed by atoms with van der Waals surface area (Å²) in [6.45, 7) is 0. The monoisotopic (exact) mass is 388 g/mol. The van der Waals surface area contributed by atoms with Crippen LogP contribution in [0.4, 0.5) is 10.1 Å². The number of hydrogen-bond donors (Lipinski definition) is 0. The zero-order chi connectivity index (χ0) is 20.5. The Morgan fingerprint density at radius 2 is 1.52 bits per heavy atom. The smallest absolute Gasteiger partial charge is 0.266 e. The van der Waals surface area contributed by atoms with E-state index >= 15 is 0 Å². The van der Waals surface area contributed by atoms with Crippen LogP contribution in [0, 0.1) is 17.1 Å². The zero-order valence-corrected chi connectivity index (χ0v) is 15.2. The fourth-order valence-electron chi connectivity index (χ4n) is 3.06. The molecule has 3 aromatic carbocycles. The number of imide groups is 1. The van der Waals surface area contributed by atoms with Crippen LogP contribution < -0.4 is 14.4 Å². The maximum Gasteiger partial charge on any atom is 0.266 e. The molecule has 0 aliphatic carbocycles. The van der Waals surface area contributed by atoms with Gasteiger partial charge in [-0.3, -0.25) is 9.59 Å². The summed E-state index contributed by atoms with van der Waals surface area (Å²) >= 11 is 0. The third-order valence-electron chi connectivity index (χ3n) is 4.49. The molecule has 3 aromatic rings. The molecule has 0 N–H and O–H groups in total. The van der Waals surface area contributed by atoms with Gasteiger partial charge in [-0.25, -0.2) is 9.29 Å². The molecule has 1 aliphatic rings. The Balaban J connectivity index is 1.76. The van der Waals surface area contributed by atoms with Gasteiger partial charge in [-0.15, -0.1) is 0 Å². The first-order valence-electron chi connectivity index (χ1n) is 8.57. The molecule has 142 valence electrons. The third kappa shape index (κ3) is 3.07. The number of carbonyl (C=O) groups excluding carboxylic acids is 2. The van der Waals surface area contributed by atoms with Crippen molar-refractivity contribution in [3.05, 3.63) is 83.2 Å². The first-order chi connectivity index (χ1) is 14.0. The molecule has 1 aliphatic heterocycles. The number of nitriles is 1. The van der Waals surface area contributed by atoms with E-state index in [-0.39, 0.29) is 28.1 Å². The number of rotatable bonds is 4. The molecular formula is C22H13FN2O4. The molecule has 0 spiro atoms. The summed E-state index contributed by atoms with van der Waals surface area (Å²) in [7, 11) is 1.53. The standard InChI is InChI=1S/C22H13FN2O4/c1-28-14-6-8-15(9-7-14)29-20-11-19(18(23)10-13(20)12-24)25-21(26)16-4-2-3-5-17(16)22(25)27/h2-11H,1H3. The van der Waals surface area contributed by atoms with E-state index in [0.29, 0.717) is 11.5 Å². The van der Waals surface area contributed by atoms with Gasteiger partial charge in [0.15, 0.2) is 0 Å². The summed E-state index contributed by atoms with van der Waals surface area (Å²) in [5.41, 5.74) is 0.0372. The van der Waals surface area contributed by atoms with E-state index in [2.05, 4.69) is 0 Å². The van der Waals surface area contributed by atoms with E-state index in [4.69, 9.17) is 9.47 Å². The summed E-state index contributed by atoms with van der Waals surface area (Å²) in [6, 6.07) is 16.8. The molecule has 4 rings (SSSR count). The minimum absolute atomic E-state index is 0.0191. The minimum atomic E-state index is -0.877. The molecule has 0 fully saturated rings. The van der Waals surface area contributed by atoms with Gasteiger partial charge in [-0.2, -0.15) is 5.26 Å². The highest BCUT2D eigenvalue weighted by molar-refractivity contribution is 6.34. The largest absolute Gasteiger partial charge is 0.497 e. The number of carbonyl (C=O) groups is 2. The Labute approximate surface area is 165 Å². The van der Waals surface area contributed by atoms with Crippen LogP contribution >= 0.6 is 0 Å². The molecule has 1 heterocycles. The molecule has 0 bridgehead atoms. The molecule has 29 heavy (non-hydrogen) atoms. The highest BCUT2D eigenvalue weighted by atomic mass is 19.1. The van der Waals surface area contributed by atoms with Gasteiger partial charge in [0, 0.05) is 6.07 Å². The van der Waals surface area contributed by atoms with Crippen molar-refractivity contribution in [3.8, 4) is 23.3 Å². The lowest BCUT2D eigenvalue weighted by molar-refractivity contribution is 0.0925. The van der Waals surface area contributed by atoms with Crippen molar-refractivity contribution in [2.24, 2.45) is 0 Å². The molecule has 0 saturated carbocycles. The van der Waals surface area contributed by atoms with Crippen LogP contribution in [-0.4, -0.2) is 18.9 Å². The van der Waals surface area contributed by atoms with Gasteiger partial charge in [-0.1, -0.05) is 12.1 Å². The fourth-order valence-corrected chi connectivity index (χ4v) is 3.06. The predicted molar refractivity (Wildman–Crippen MR) is 102 cm³/mol. The summed E-state index contributed by atoms with van der Waals surface area (Å²) in [5.74, 6) is -1.14. The van der Waals surface area contributed by atoms with Crippen molar-refractivity contribution in [2.75, 3.05) is 12.0 Å². The highest BCUT2D eigenvalue weighted by Gasteiger charge is 2.38. The summed E-state index contributed by atoms with van der Waals surface area (Å²) in [6.07, 6.45) is 0. The topological polar surface area (TPSA) is 79.6 Å². The van der Waals surface area contributed by atoms with Crippen LogP contribution in [0.1, 0.15) is 26.3 Å². The van der Waals surface area contributed by atoms with Crippen LogP contribution in [0.15, 0.2) is 60.7 Å². The average Bonchev–Trinajstić information content (AvgIpc) is 3.00. The number of amides is 2. The minimum Gasteiger partial charge on any atom is -0.497 e. The van der Waals surface area contributed by atoms with Crippen molar-refractivity contribution in [2.45, 2.75) is 0 Å². The average molecular weight is 388 g/mol. The van der Waals surface area contributed by atoms with Gasteiger partial charge in [0.2, 0.25) is 0 Å². The zero-order valence-electron chi connectivity index (χ0n) is 15.2. The van der Waals surface area contributed by atoms with Crippen LogP contribution in [0.25, 0.3) is 0 Å². The molecule has 0 aromatic heterocycles. The summed E-state index contributed by atoms with van der Waals surface area (Å²) < 4.78 is 25.5. The van der Waals surface area contributed by atoms with Crippen LogP contribution in [0.2, 0.25) is 0 Å². The fraction of sp³-hybridized carbons (Fsp3) is 0.0455. The van der Waals surface area contributed by atoms with Gasteiger partial charge < -0.3 is 9.47 Å². The van der Waals surface area contributed by atoms with E-state index < -0.39 is 17.6 Å². The third-order valence-corrected chi connectivity index (χ3v) is 4.49. The van der Waals surface area contributed by atoms with Gasteiger partial charge in [-0.05, 0) is 42.5 Å². The van der Waals surface area contributed by atoms with Crippen molar-refractivity contribution in [3.63, 3.8) is 0 Å². The number of anilines is 1. The lowest BCUT2D eigenvalue weighted by Gasteiger charge is -2.17. The lowest BCUT2D eigenvalue weighted by atomic mass is 10.1. The van der Waals surface area contributed by atoms with E-state index in [1.54, 1.807) is 36.4 Å². The highest BCUT2D eigenvalue weighted by Crippen LogP contribution is 2.36. The maximum absolute atomic E-state index is 14.7. The molecule has 7 heteroatoms. The Morgan fingerprint density at radius 1 is 0.931 bits per heavy atom. The van der Waals surface area contributed by atoms with E-state index in [0.717, 1.165) is 11.0 Å². The van der Waals surface area contributed by atoms with Crippen molar-refractivity contribution < 1.29 is 23.5 Å². The lowest BCUT2D eigenvalue weighted by Crippen LogP contribution is -2.30. The van der Waals surface area contributed by atoms with Gasteiger partial charge in [0.1, 0.15) is 29.1 Å². The van der Waals surface area contributed by atoms with E-state index in [1.165, 1.54) is 25.3 Å². The predicted octanol–water partition coefficient (Wildman–Crippen LogP) is 4.30. The van der Waals surface area contributed by atoms with Crippen molar-refractivity contribution >= 4 is 17.5 Å². The summed E-state index contributed by atoms with van der Waals surface area (Å²) in [4.78, 5) is 26.1. The Morgan fingerprint density at radius 3 is 2.07 bits per heavy atom. The second-order valence-corrected chi connectivity index (χ2v) is 6.18. The first kappa shape index (κ1) is 18.2. The molecule has 6 nitrogen and oxygen atoms in total. The Kier molecular flexibility index (Phi) is 4.45. The number of benzene rings is 3. The number of ether oxygens (including phenoxy) is 2. The second kappa shape index (κ2) is 7.09. The van der Waals surface area contributed by atoms with E-state index in [9.17, 15) is 19.2 Å². The number of nitrogens with zero attached hydrogens (tertiary/aromatic N) is 2. The van der Waals surface area contributed by atoms with Gasteiger partial charge >= 0.3 is 0 Å². The number of fused-ring (bicyclic) bond motifs is 1. The SMILES string of the molecule is COc1ccc(Oc2cc(N3C(=O)c4ccccc4C3=O)c(F)cc2C#N)cc1. The van der Waals surface area contributed by atoms with Crippen LogP contribution in [0.3, 0.4) is 0 Å². The molecular weight excluding hydrogens is 375 g/mol. The normalized spacial score (nSPS) is 12.5. The Bertz CT molecular complexity index is 1150. The summed E-state index contributed by atoms with van der Waals surface area (Å²) in [5, 5.41) is 9.34. The number of methoxy groups -OCH3 is 1. The maximum atomic E-state index is 14.7. The number of halogens is 1. The number of hydrogen-bond acceptors (Lipinski definition) is 5. The Hall–Kier alpha value is -4.18. The van der Waals surface area contributed by atoms with Crippen molar-refractivity contribution in [1.82, 2.24) is 0 Å². The molecule has 0 unspecified atom stereocenters. The molecule has 0 radical (unpaired) electrons. The van der Waals surface area contributed by atoms with E-state index in [1.807, 2.05) is 6.07 Å². The molecule has 0 atom stereocenters. The van der Waals surface area contributed by atoms with Crippen LogP contribution in [-0.2, 0) is 0 Å².